The first kappa shape index (κ1) is 35.8. The number of carbonyl (C=O) groups is 2. The normalized spacial score (nSPS) is 12.0. The van der Waals surface area contributed by atoms with Gasteiger partial charge in [0, 0.05) is 29.6 Å². The van der Waals surface area contributed by atoms with Crippen LogP contribution in [0.25, 0.3) is 0 Å². The van der Waals surface area contributed by atoms with Crippen LogP contribution in [0, 0.1) is 12.8 Å². The summed E-state index contributed by atoms with van der Waals surface area (Å²) in [6, 6.07) is 26.3. The lowest BCUT2D eigenvalue weighted by molar-refractivity contribution is -0.140. The molecule has 0 radical (unpaired) electrons. The van der Waals surface area contributed by atoms with E-state index in [-0.39, 0.29) is 46.1 Å². The molecule has 0 unspecified atom stereocenters. The molecule has 0 bridgehead atoms. The van der Waals surface area contributed by atoms with Crippen molar-refractivity contribution in [1.82, 2.24) is 10.2 Å². The van der Waals surface area contributed by atoms with Crippen molar-refractivity contribution in [2.24, 2.45) is 5.92 Å². The minimum absolute atomic E-state index is 0.0160. The molecular formula is C36H39Cl2N3O5S. The van der Waals surface area contributed by atoms with E-state index in [4.69, 9.17) is 27.9 Å². The number of anilines is 1. The Balaban J connectivity index is 1.84. The van der Waals surface area contributed by atoms with Crippen LogP contribution in [0.15, 0.2) is 102 Å². The predicted molar refractivity (Wildman–Crippen MR) is 187 cm³/mol. The maximum absolute atomic E-state index is 14.6. The molecule has 1 N–H and O–H groups in total. The molecule has 0 aromatic heterocycles. The Hall–Kier alpha value is -4.05. The van der Waals surface area contributed by atoms with Crippen LogP contribution in [0.5, 0.6) is 5.75 Å². The van der Waals surface area contributed by atoms with Crippen LogP contribution >= 0.6 is 23.2 Å². The molecule has 4 aromatic carbocycles. The van der Waals surface area contributed by atoms with E-state index >= 15 is 0 Å². The van der Waals surface area contributed by atoms with Gasteiger partial charge in [0.15, 0.2) is 0 Å². The first-order valence-corrected chi connectivity index (χ1v) is 17.4. The topological polar surface area (TPSA) is 96.0 Å². The van der Waals surface area contributed by atoms with Crippen LogP contribution in [0.4, 0.5) is 5.69 Å². The number of benzene rings is 4. The first-order valence-electron chi connectivity index (χ1n) is 15.2. The number of hydrogen-bond donors (Lipinski definition) is 1. The van der Waals surface area contributed by atoms with Gasteiger partial charge < -0.3 is 15.0 Å². The first-order chi connectivity index (χ1) is 22.4. The van der Waals surface area contributed by atoms with Crippen LogP contribution in [-0.4, -0.2) is 51.4 Å². The second kappa shape index (κ2) is 16.2. The van der Waals surface area contributed by atoms with Crippen molar-refractivity contribution in [3.63, 3.8) is 0 Å². The molecule has 0 spiro atoms. The van der Waals surface area contributed by atoms with Gasteiger partial charge in [0.05, 0.1) is 17.7 Å². The Morgan fingerprint density at radius 2 is 1.49 bits per heavy atom. The van der Waals surface area contributed by atoms with Crippen LogP contribution in [0.3, 0.4) is 0 Å². The molecule has 0 aliphatic carbocycles. The maximum atomic E-state index is 14.6. The van der Waals surface area contributed by atoms with Gasteiger partial charge in [-0.3, -0.25) is 13.9 Å². The molecule has 0 aliphatic heterocycles. The van der Waals surface area contributed by atoms with Gasteiger partial charge in [-0.05, 0) is 66.4 Å². The van der Waals surface area contributed by atoms with E-state index in [1.807, 2.05) is 51.1 Å². The molecule has 4 rings (SSSR count). The third kappa shape index (κ3) is 9.50. The highest BCUT2D eigenvalue weighted by Gasteiger charge is 2.35. The highest BCUT2D eigenvalue weighted by Crippen LogP contribution is 2.35. The lowest BCUT2D eigenvalue weighted by Crippen LogP contribution is -2.53. The molecule has 0 saturated carbocycles. The van der Waals surface area contributed by atoms with E-state index < -0.39 is 28.5 Å². The summed E-state index contributed by atoms with van der Waals surface area (Å²) in [4.78, 5) is 29.9. The standard InChI is InChI=1S/C36H39Cl2N3O5S/c1-25(2)22-39-36(43)33(20-27-8-6-5-7-9-27)40(23-28-12-14-29(37)15-13-28)35(42)24-41(32-21-30(38)16-19-34(32)46-4)47(44,45)31-17-10-26(3)11-18-31/h5-19,21,25,33H,20,22-24H2,1-4H3,(H,39,43)/t33-/m0/s1. The number of ether oxygens (including phenoxy) is 1. The number of methoxy groups -OCH3 is 1. The lowest BCUT2D eigenvalue weighted by Gasteiger charge is -2.34. The van der Waals surface area contributed by atoms with Gasteiger partial charge >= 0.3 is 0 Å². The number of carbonyl (C=O) groups excluding carboxylic acids is 2. The van der Waals surface area contributed by atoms with Crippen molar-refractivity contribution in [3.05, 3.63) is 124 Å². The molecule has 248 valence electrons. The fourth-order valence-electron chi connectivity index (χ4n) is 4.97. The fraction of sp³-hybridized carbons (Fsp3) is 0.278. The summed E-state index contributed by atoms with van der Waals surface area (Å²) in [5.74, 6) is -0.573. The van der Waals surface area contributed by atoms with Crippen LogP contribution in [0.1, 0.15) is 30.5 Å². The SMILES string of the molecule is COc1ccc(Cl)cc1N(CC(=O)N(Cc1ccc(Cl)cc1)[C@@H](Cc1ccccc1)C(=O)NCC(C)C)S(=O)(=O)c1ccc(C)cc1. The van der Waals surface area contributed by atoms with Gasteiger partial charge in [-0.15, -0.1) is 0 Å². The van der Waals surface area contributed by atoms with E-state index in [9.17, 15) is 18.0 Å². The van der Waals surface area contributed by atoms with Gasteiger partial charge in [0.25, 0.3) is 10.0 Å². The van der Waals surface area contributed by atoms with Gasteiger partial charge in [0.2, 0.25) is 11.8 Å². The fourth-order valence-corrected chi connectivity index (χ4v) is 6.68. The third-order valence-electron chi connectivity index (χ3n) is 7.52. The molecule has 0 heterocycles. The average molecular weight is 697 g/mol. The number of amides is 2. The lowest BCUT2D eigenvalue weighted by atomic mass is 10.0. The molecule has 4 aromatic rings. The minimum atomic E-state index is -4.32. The van der Waals surface area contributed by atoms with E-state index in [1.54, 1.807) is 48.5 Å². The number of aryl methyl sites for hydroxylation is 1. The minimum Gasteiger partial charge on any atom is -0.495 e. The second-order valence-electron chi connectivity index (χ2n) is 11.6. The predicted octanol–water partition coefficient (Wildman–Crippen LogP) is 6.92. The Bertz CT molecular complexity index is 1770. The zero-order valence-corrected chi connectivity index (χ0v) is 29.1. The van der Waals surface area contributed by atoms with Crippen molar-refractivity contribution in [2.45, 2.75) is 44.7 Å². The monoisotopic (exact) mass is 695 g/mol. The van der Waals surface area contributed by atoms with E-state index in [0.29, 0.717) is 17.1 Å². The van der Waals surface area contributed by atoms with E-state index in [0.717, 1.165) is 15.4 Å². The molecule has 0 fully saturated rings. The summed E-state index contributed by atoms with van der Waals surface area (Å²) in [7, 11) is -2.91. The number of nitrogens with zero attached hydrogens (tertiary/aromatic N) is 2. The van der Waals surface area contributed by atoms with Gasteiger partial charge in [-0.25, -0.2) is 8.42 Å². The van der Waals surface area contributed by atoms with Crippen molar-refractivity contribution in [1.29, 1.82) is 0 Å². The average Bonchev–Trinajstić information content (AvgIpc) is 3.05. The quantitative estimate of drug-likeness (QED) is 0.155. The van der Waals surface area contributed by atoms with Crippen LogP contribution in [0.2, 0.25) is 10.0 Å². The molecule has 8 nitrogen and oxygen atoms in total. The summed E-state index contributed by atoms with van der Waals surface area (Å²) >= 11 is 12.5. The number of nitrogens with one attached hydrogen (secondary N) is 1. The third-order valence-corrected chi connectivity index (χ3v) is 9.78. The molecule has 11 heteroatoms. The number of sulfonamides is 1. The Morgan fingerprint density at radius 1 is 0.851 bits per heavy atom. The molecule has 2 amide bonds. The Labute approximate surface area is 287 Å². The molecule has 0 saturated heterocycles. The number of hydrogen-bond acceptors (Lipinski definition) is 5. The van der Waals surface area contributed by atoms with Crippen LogP contribution in [-0.2, 0) is 32.6 Å². The zero-order valence-electron chi connectivity index (χ0n) is 26.8. The van der Waals surface area contributed by atoms with Gasteiger partial charge in [-0.1, -0.05) is 97.2 Å². The summed E-state index contributed by atoms with van der Waals surface area (Å²) in [6.07, 6.45) is 0.204. The summed E-state index contributed by atoms with van der Waals surface area (Å²) in [5, 5.41) is 3.76. The molecule has 0 aliphatic rings. The second-order valence-corrected chi connectivity index (χ2v) is 14.4. The smallest absolute Gasteiger partial charge is 0.264 e. The van der Waals surface area contributed by atoms with E-state index in [1.165, 1.54) is 30.2 Å². The van der Waals surface area contributed by atoms with Crippen molar-refractivity contribution in [2.75, 3.05) is 24.5 Å². The molecule has 47 heavy (non-hydrogen) atoms. The van der Waals surface area contributed by atoms with E-state index in [2.05, 4.69) is 5.32 Å². The highest BCUT2D eigenvalue weighted by atomic mass is 35.5. The van der Waals surface area contributed by atoms with Crippen LogP contribution < -0.4 is 14.4 Å². The molecule has 1 atom stereocenters. The number of halogens is 2. The van der Waals surface area contributed by atoms with Gasteiger partial charge in [-0.2, -0.15) is 0 Å². The Morgan fingerprint density at radius 3 is 2.11 bits per heavy atom. The van der Waals surface area contributed by atoms with Crippen molar-refractivity contribution in [3.8, 4) is 5.75 Å². The Kier molecular flexibility index (Phi) is 12.3. The van der Waals surface area contributed by atoms with Crippen molar-refractivity contribution >= 4 is 50.7 Å². The molecular weight excluding hydrogens is 657 g/mol. The van der Waals surface area contributed by atoms with Gasteiger partial charge in [0.1, 0.15) is 18.3 Å². The maximum Gasteiger partial charge on any atom is 0.264 e. The zero-order chi connectivity index (χ0) is 34.1. The summed E-state index contributed by atoms with van der Waals surface area (Å²) < 4.78 is 35.1. The van der Waals surface area contributed by atoms with Crippen molar-refractivity contribution < 1.29 is 22.7 Å². The number of rotatable bonds is 14. The summed E-state index contributed by atoms with van der Waals surface area (Å²) in [6.45, 7) is 5.60. The highest BCUT2D eigenvalue weighted by molar-refractivity contribution is 7.92. The summed E-state index contributed by atoms with van der Waals surface area (Å²) in [5.41, 5.74) is 2.51. The largest absolute Gasteiger partial charge is 0.495 e.